The van der Waals surface area contributed by atoms with Gasteiger partial charge in [0.15, 0.2) is 0 Å². The lowest BCUT2D eigenvalue weighted by Crippen LogP contribution is -2.06. The highest BCUT2D eigenvalue weighted by Crippen LogP contribution is 2.27. The van der Waals surface area contributed by atoms with Crippen LogP contribution in [0.15, 0.2) is 12.4 Å². The summed E-state index contributed by atoms with van der Waals surface area (Å²) in [5, 5.41) is 0. The van der Waals surface area contributed by atoms with E-state index in [2.05, 4.69) is 9.97 Å². The van der Waals surface area contributed by atoms with Gasteiger partial charge in [-0.05, 0) is 0 Å². The van der Waals surface area contributed by atoms with E-state index in [4.69, 9.17) is 11.8 Å². The molecule has 66 valence electrons. The first-order valence-electron chi connectivity index (χ1n) is 2.80. The van der Waals surface area contributed by atoms with Crippen LogP contribution in [-0.2, 0) is 6.18 Å². The average Bonchev–Trinajstić information content (AvgIpc) is 2.03. The quantitative estimate of drug-likeness (QED) is 0.701. The normalized spacial score (nSPS) is 11.3. The number of rotatable bonds is 1. The second kappa shape index (κ2) is 3.14. The molecule has 12 heavy (non-hydrogen) atoms. The molecule has 0 unspecified atom stereocenters. The first kappa shape index (κ1) is 9.05. The molecule has 0 bridgehead atoms. The first-order valence-corrected chi connectivity index (χ1v) is 3.17. The van der Waals surface area contributed by atoms with Crippen molar-refractivity contribution in [2.45, 2.75) is 6.18 Å². The Labute approximate surface area is 70.7 Å². The molecule has 0 fully saturated rings. The SMILES string of the molecule is FC(F)(F)c1cnc(NCl)nc1. The highest BCUT2D eigenvalue weighted by atomic mass is 35.5. The van der Waals surface area contributed by atoms with E-state index in [9.17, 15) is 13.2 Å². The molecule has 1 aromatic rings. The Morgan fingerprint density at radius 1 is 1.25 bits per heavy atom. The second-order valence-electron chi connectivity index (χ2n) is 1.89. The van der Waals surface area contributed by atoms with E-state index in [1.807, 2.05) is 4.84 Å². The van der Waals surface area contributed by atoms with Crippen LogP contribution in [0.1, 0.15) is 5.56 Å². The smallest absolute Gasteiger partial charge is 0.266 e. The third kappa shape index (κ3) is 1.97. The van der Waals surface area contributed by atoms with E-state index in [1.165, 1.54) is 0 Å². The van der Waals surface area contributed by atoms with Gasteiger partial charge in [0.1, 0.15) is 0 Å². The van der Waals surface area contributed by atoms with E-state index < -0.39 is 11.7 Å². The molecule has 0 radical (unpaired) electrons. The van der Waals surface area contributed by atoms with Crippen LogP contribution in [0.2, 0.25) is 0 Å². The Hall–Kier alpha value is -1.04. The van der Waals surface area contributed by atoms with Crippen molar-refractivity contribution in [3.05, 3.63) is 18.0 Å². The van der Waals surface area contributed by atoms with Gasteiger partial charge in [0.05, 0.1) is 5.56 Å². The molecule has 1 N–H and O–H groups in total. The van der Waals surface area contributed by atoms with Crippen LogP contribution in [0, 0.1) is 0 Å². The Morgan fingerprint density at radius 2 is 1.75 bits per heavy atom. The lowest BCUT2D eigenvalue weighted by atomic mass is 10.3. The van der Waals surface area contributed by atoms with E-state index in [-0.39, 0.29) is 5.95 Å². The van der Waals surface area contributed by atoms with Gasteiger partial charge in [-0.3, -0.25) is 4.84 Å². The monoisotopic (exact) mass is 197 g/mol. The molecular formula is C5H3ClF3N3. The van der Waals surface area contributed by atoms with Crippen molar-refractivity contribution in [3.63, 3.8) is 0 Å². The Bertz CT molecular complexity index is 258. The molecule has 0 aliphatic rings. The number of aromatic nitrogens is 2. The maximum absolute atomic E-state index is 11.9. The topological polar surface area (TPSA) is 37.8 Å². The fourth-order valence-corrected chi connectivity index (χ4v) is 0.621. The van der Waals surface area contributed by atoms with Crippen molar-refractivity contribution in [2.24, 2.45) is 0 Å². The van der Waals surface area contributed by atoms with Crippen LogP contribution < -0.4 is 4.84 Å². The van der Waals surface area contributed by atoms with Gasteiger partial charge in [-0.2, -0.15) is 13.2 Å². The standard InChI is InChI=1S/C5H3ClF3N3/c6-12-4-10-1-3(2-11-4)5(7,8)9/h1-2H,(H,10,11,12). The Balaban J connectivity index is 2.93. The molecule has 1 rings (SSSR count). The van der Waals surface area contributed by atoms with Crippen molar-refractivity contribution in [2.75, 3.05) is 4.84 Å². The van der Waals surface area contributed by atoms with Gasteiger partial charge in [0.25, 0.3) is 0 Å². The van der Waals surface area contributed by atoms with Gasteiger partial charge < -0.3 is 0 Å². The van der Waals surface area contributed by atoms with Crippen LogP contribution in [-0.4, -0.2) is 9.97 Å². The molecule has 0 saturated heterocycles. The molecule has 1 aromatic heterocycles. The van der Waals surface area contributed by atoms with Crippen molar-refractivity contribution < 1.29 is 13.2 Å². The van der Waals surface area contributed by atoms with Crippen LogP contribution in [0.25, 0.3) is 0 Å². The largest absolute Gasteiger partial charge is 0.419 e. The number of halogens is 4. The predicted octanol–water partition coefficient (Wildman–Crippen LogP) is 2.06. The molecule has 0 aliphatic heterocycles. The van der Waals surface area contributed by atoms with Crippen LogP contribution in [0.4, 0.5) is 19.1 Å². The van der Waals surface area contributed by atoms with Crippen molar-refractivity contribution >= 4 is 17.7 Å². The zero-order valence-corrected chi connectivity index (χ0v) is 6.32. The van der Waals surface area contributed by atoms with Gasteiger partial charge in [0.2, 0.25) is 5.95 Å². The average molecular weight is 198 g/mol. The fourth-order valence-electron chi connectivity index (χ4n) is 0.523. The van der Waals surface area contributed by atoms with Crippen LogP contribution in [0.5, 0.6) is 0 Å². The van der Waals surface area contributed by atoms with Crippen molar-refractivity contribution in [1.82, 2.24) is 9.97 Å². The summed E-state index contributed by atoms with van der Waals surface area (Å²) in [7, 11) is 0. The lowest BCUT2D eigenvalue weighted by molar-refractivity contribution is -0.138. The second-order valence-corrected chi connectivity index (χ2v) is 2.08. The lowest BCUT2D eigenvalue weighted by Gasteiger charge is -2.04. The van der Waals surface area contributed by atoms with Gasteiger partial charge in [-0.25, -0.2) is 9.97 Å². The van der Waals surface area contributed by atoms with E-state index in [1.54, 1.807) is 0 Å². The predicted molar refractivity (Wildman–Crippen MR) is 36.5 cm³/mol. The van der Waals surface area contributed by atoms with Gasteiger partial charge in [-0.15, -0.1) is 0 Å². The summed E-state index contributed by atoms with van der Waals surface area (Å²) in [5.41, 5.74) is -0.904. The van der Waals surface area contributed by atoms with E-state index >= 15 is 0 Å². The third-order valence-electron chi connectivity index (χ3n) is 1.06. The minimum atomic E-state index is -4.41. The van der Waals surface area contributed by atoms with Gasteiger partial charge in [-0.1, -0.05) is 0 Å². The fraction of sp³-hybridized carbons (Fsp3) is 0.200. The zero-order valence-electron chi connectivity index (χ0n) is 5.56. The molecule has 0 saturated carbocycles. The molecule has 0 aliphatic carbocycles. The van der Waals surface area contributed by atoms with Crippen LogP contribution in [0.3, 0.4) is 0 Å². The maximum atomic E-state index is 11.9. The number of hydrogen-bond donors (Lipinski definition) is 1. The number of alkyl halides is 3. The number of hydrogen-bond acceptors (Lipinski definition) is 3. The summed E-state index contributed by atoms with van der Waals surface area (Å²) >= 11 is 5.04. The summed E-state index contributed by atoms with van der Waals surface area (Å²) in [6.45, 7) is 0. The number of anilines is 1. The van der Waals surface area contributed by atoms with E-state index in [0.717, 1.165) is 0 Å². The number of nitrogens with one attached hydrogen (secondary N) is 1. The molecule has 0 atom stereocenters. The van der Waals surface area contributed by atoms with Crippen molar-refractivity contribution in [1.29, 1.82) is 0 Å². The molecule has 0 aromatic carbocycles. The van der Waals surface area contributed by atoms with E-state index in [0.29, 0.717) is 12.4 Å². The zero-order chi connectivity index (χ0) is 9.19. The third-order valence-corrected chi connectivity index (χ3v) is 1.23. The molecule has 0 amide bonds. The Kier molecular flexibility index (Phi) is 2.37. The Morgan fingerprint density at radius 3 is 2.08 bits per heavy atom. The summed E-state index contributed by atoms with van der Waals surface area (Å²) in [5.74, 6) is -0.0651. The molecule has 3 nitrogen and oxygen atoms in total. The first-order chi connectivity index (χ1) is 5.54. The summed E-state index contributed by atoms with van der Waals surface area (Å²) < 4.78 is 35.7. The highest BCUT2D eigenvalue weighted by molar-refractivity contribution is 6.23. The number of nitrogens with zero attached hydrogens (tertiary/aromatic N) is 2. The summed E-state index contributed by atoms with van der Waals surface area (Å²) in [6, 6.07) is 0. The molecule has 7 heteroatoms. The molecule has 1 heterocycles. The highest BCUT2D eigenvalue weighted by Gasteiger charge is 2.31. The van der Waals surface area contributed by atoms with Gasteiger partial charge >= 0.3 is 6.18 Å². The summed E-state index contributed by atoms with van der Waals surface area (Å²) in [4.78, 5) is 8.57. The summed E-state index contributed by atoms with van der Waals surface area (Å²) in [6.07, 6.45) is -3.11. The minimum absolute atomic E-state index is 0.0651. The van der Waals surface area contributed by atoms with Crippen LogP contribution >= 0.6 is 11.8 Å². The molecule has 0 spiro atoms. The van der Waals surface area contributed by atoms with Gasteiger partial charge in [0, 0.05) is 24.2 Å². The van der Waals surface area contributed by atoms with Crippen molar-refractivity contribution in [3.8, 4) is 0 Å². The molecular weight excluding hydrogens is 195 g/mol. The maximum Gasteiger partial charge on any atom is 0.419 e. The minimum Gasteiger partial charge on any atom is -0.266 e.